The highest BCUT2D eigenvalue weighted by atomic mass is 16.1. The predicted molar refractivity (Wildman–Crippen MR) is 77.3 cm³/mol. The lowest BCUT2D eigenvalue weighted by Gasteiger charge is -2.11. The van der Waals surface area contributed by atoms with Crippen LogP contribution in [0, 0.1) is 5.92 Å². The lowest BCUT2D eigenvalue weighted by Crippen LogP contribution is -2.33. The van der Waals surface area contributed by atoms with Gasteiger partial charge in [0.15, 0.2) is 12.4 Å². The monoisotopic (exact) mass is 263 g/mol. The second-order valence-corrected chi connectivity index (χ2v) is 5.20. The number of rotatable bonds is 10. The summed E-state index contributed by atoms with van der Waals surface area (Å²) in [6, 6.07) is 6.06. The maximum atomic E-state index is 11.4. The van der Waals surface area contributed by atoms with Gasteiger partial charge in [-0.1, -0.05) is 38.7 Å². The topological polar surface area (TPSA) is 47.0 Å². The Balaban J connectivity index is 2.24. The van der Waals surface area contributed by atoms with E-state index in [0.717, 1.165) is 32.2 Å². The number of nitrogens with two attached hydrogens (primary N) is 1. The minimum atomic E-state index is -0.130. The highest BCUT2D eigenvalue weighted by molar-refractivity contribution is 5.76. The fourth-order valence-electron chi connectivity index (χ4n) is 2.35. The third-order valence-electron chi connectivity index (χ3n) is 3.55. The lowest BCUT2D eigenvalue weighted by atomic mass is 9.95. The van der Waals surface area contributed by atoms with Gasteiger partial charge in [0.05, 0.1) is 0 Å². The van der Waals surface area contributed by atoms with E-state index in [-0.39, 0.29) is 11.8 Å². The molecule has 0 aliphatic rings. The minimum Gasteiger partial charge on any atom is -0.369 e. The Morgan fingerprint density at radius 3 is 2.37 bits per heavy atom. The fraction of sp³-hybridized carbons (Fsp3) is 0.625. The molecule has 0 spiro atoms. The molecule has 0 radical (unpaired) electrons. The number of carbonyl (C=O) groups excluding carboxylic acids is 1. The molecule has 0 aliphatic heterocycles. The average molecular weight is 263 g/mol. The zero-order chi connectivity index (χ0) is 13.9. The van der Waals surface area contributed by atoms with Crippen molar-refractivity contribution in [1.82, 2.24) is 0 Å². The Hall–Kier alpha value is -1.38. The van der Waals surface area contributed by atoms with Gasteiger partial charge in [0.25, 0.3) is 0 Å². The Morgan fingerprint density at radius 2 is 1.74 bits per heavy atom. The van der Waals surface area contributed by atoms with Crippen LogP contribution in [-0.2, 0) is 11.3 Å². The van der Waals surface area contributed by atoms with Crippen molar-refractivity contribution in [2.45, 2.75) is 58.4 Å². The first-order valence-electron chi connectivity index (χ1n) is 7.47. The number of carbonyl (C=O) groups is 1. The second kappa shape index (κ2) is 9.54. The van der Waals surface area contributed by atoms with E-state index in [9.17, 15) is 4.79 Å². The van der Waals surface area contributed by atoms with Crippen LogP contribution in [0.2, 0.25) is 0 Å². The first kappa shape index (κ1) is 15.7. The van der Waals surface area contributed by atoms with E-state index in [1.54, 1.807) is 0 Å². The van der Waals surface area contributed by atoms with Crippen molar-refractivity contribution < 1.29 is 9.36 Å². The molecule has 106 valence electrons. The second-order valence-electron chi connectivity index (χ2n) is 5.20. The van der Waals surface area contributed by atoms with Crippen LogP contribution in [0.3, 0.4) is 0 Å². The van der Waals surface area contributed by atoms with Gasteiger partial charge in [0.2, 0.25) is 5.91 Å². The fourth-order valence-corrected chi connectivity index (χ4v) is 2.35. The summed E-state index contributed by atoms with van der Waals surface area (Å²) in [5.74, 6) is -0.0734. The Kier molecular flexibility index (Phi) is 7.87. The highest BCUT2D eigenvalue weighted by Crippen LogP contribution is 2.15. The summed E-state index contributed by atoms with van der Waals surface area (Å²) in [6.07, 6.45) is 11.8. The lowest BCUT2D eigenvalue weighted by molar-refractivity contribution is -0.697. The van der Waals surface area contributed by atoms with Gasteiger partial charge in [0, 0.05) is 24.5 Å². The quantitative estimate of drug-likeness (QED) is 0.512. The van der Waals surface area contributed by atoms with Gasteiger partial charge in [-0.15, -0.1) is 0 Å². The van der Waals surface area contributed by atoms with Crippen molar-refractivity contribution >= 4 is 5.91 Å². The largest absolute Gasteiger partial charge is 0.369 e. The van der Waals surface area contributed by atoms with Gasteiger partial charge in [-0.25, -0.2) is 4.57 Å². The molecule has 1 unspecified atom stereocenters. The molecule has 1 amide bonds. The van der Waals surface area contributed by atoms with Crippen LogP contribution in [0.15, 0.2) is 30.6 Å². The molecule has 0 fully saturated rings. The van der Waals surface area contributed by atoms with Crippen molar-refractivity contribution in [2.75, 3.05) is 0 Å². The smallest absolute Gasteiger partial charge is 0.220 e. The summed E-state index contributed by atoms with van der Waals surface area (Å²) in [6.45, 7) is 3.15. The normalized spacial score (nSPS) is 12.3. The molecule has 2 N–H and O–H groups in total. The van der Waals surface area contributed by atoms with Gasteiger partial charge in [-0.05, 0) is 12.8 Å². The number of pyridine rings is 1. The van der Waals surface area contributed by atoms with Crippen molar-refractivity contribution in [3.63, 3.8) is 0 Å². The van der Waals surface area contributed by atoms with Gasteiger partial charge in [0.1, 0.15) is 6.54 Å². The molecule has 1 atom stereocenters. The van der Waals surface area contributed by atoms with E-state index >= 15 is 0 Å². The number of unbranched alkanes of at least 4 members (excludes halogenated alkanes) is 3. The first-order valence-corrected chi connectivity index (χ1v) is 7.47. The number of nitrogens with zero attached hydrogens (tertiary/aromatic N) is 1. The van der Waals surface area contributed by atoms with Gasteiger partial charge >= 0.3 is 0 Å². The molecule has 0 saturated heterocycles. The average Bonchev–Trinajstić information content (AvgIpc) is 2.42. The number of hydrogen-bond acceptors (Lipinski definition) is 1. The number of amides is 1. The number of aromatic nitrogens is 1. The summed E-state index contributed by atoms with van der Waals surface area (Å²) in [5, 5.41) is 0. The Morgan fingerprint density at radius 1 is 1.05 bits per heavy atom. The SMILES string of the molecule is CCCCCCC(CCC[n+]1ccccc1)C(N)=O. The molecule has 0 bridgehead atoms. The molecule has 1 heterocycles. The standard InChI is InChI=1S/C16H26N2O/c1-2-3-4-6-10-15(16(17)19)11-9-14-18-12-7-5-8-13-18/h5,7-8,12-13,15H,2-4,6,9-11,14H2,1H3,(H-,17,19)/p+1. The van der Waals surface area contributed by atoms with E-state index < -0.39 is 0 Å². The molecule has 1 aromatic heterocycles. The van der Waals surface area contributed by atoms with Crippen LogP contribution in [0.5, 0.6) is 0 Å². The number of hydrogen-bond donors (Lipinski definition) is 1. The third-order valence-corrected chi connectivity index (χ3v) is 3.55. The summed E-state index contributed by atoms with van der Waals surface area (Å²) in [4.78, 5) is 11.4. The van der Waals surface area contributed by atoms with E-state index in [4.69, 9.17) is 5.73 Å². The zero-order valence-electron chi connectivity index (χ0n) is 12.1. The summed E-state index contributed by atoms with van der Waals surface area (Å²) in [5.41, 5.74) is 5.49. The summed E-state index contributed by atoms with van der Waals surface area (Å²) in [7, 11) is 0. The van der Waals surface area contributed by atoms with Crippen LogP contribution in [-0.4, -0.2) is 5.91 Å². The van der Waals surface area contributed by atoms with Crippen molar-refractivity contribution in [1.29, 1.82) is 0 Å². The molecule has 1 rings (SSSR count). The molecule has 0 aliphatic carbocycles. The summed E-state index contributed by atoms with van der Waals surface area (Å²) >= 11 is 0. The van der Waals surface area contributed by atoms with Crippen LogP contribution in [0.4, 0.5) is 0 Å². The Bertz CT molecular complexity index is 351. The highest BCUT2D eigenvalue weighted by Gasteiger charge is 2.15. The van der Waals surface area contributed by atoms with Crippen LogP contribution in [0.1, 0.15) is 51.9 Å². The van der Waals surface area contributed by atoms with Crippen LogP contribution < -0.4 is 10.3 Å². The van der Waals surface area contributed by atoms with Crippen LogP contribution >= 0.6 is 0 Å². The van der Waals surface area contributed by atoms with Crippen LogP contribution in [0.25, 0.3) is 0 Å². The molecule has 3 nitrogen and oxygen atoms in total. The van der Waals surface area contributed by atoms with E-state index in [1.807, 2.05) is 18.2 Å². The van der Waals surface area contributed by atoms with E-state index in [1.165, 1.54) is 19.3 Å². The zero-order valence-corrected chi connectivity index (χ0v) is 12.1. The molecule has 19 heavy (non-hydrogen) atoms. The molecule has 0 aromatic carbocycles. The Labute approximate surface area is 116 Å². The van der Waals surface area contributed by atoms with E-state index in [0.29, 0.717) is 0 Å². The maximum Gasteiger partial charge on any atom is 0.220 e. The minimum absolute atomic E-state index is 0.0566. The van der Waals surface area contributed by atoms with Crippen molar-refractivity contribution in [2.24, 2.45) is 11.7 Å². The third kappa shape index (κ3) is 6.94. The molecular formula is C16H27N2O+. The van der Waals surface area contributed by atoms with Gasteiger partial charge < -0.3 is 5.73 Å². The van der Waals surface area contributed by atoms with Gasteiger partial charge in [-0.2, -0.15) is 0 Å². The van der Waals surface area contributed by atoms with Crippen molar-refractivity contribution in [3.8, 4) is 0 Å². The molecule has 1 aromatic rings. The molecular weight excluding hydrogens is 236 g/mol. The predicted octanol–water partition coefficient (Wildman–Crippen LogP) is 2.83. The van der Waals surface area contributed by atoms with E-state index in [2.05, 4.69) is 23.9 Å². The molecule has 3 heteroatoms. The summed E-state index contributed by atoms with van der Waals surface area (Å²) < 4.78 is 2.15. The first-order chi connectivity index (χ1) is 9.24. The van der Waals surface area contributed by atoms with Gasteiger partial charge in [-0.3, -0.25) is 4.79 Å². The maximum absolute atomic E-state index is 11.4. The van der Waals surface area contributed by atoms with Crippen molar-refractivity contribution in [3.05, 3.63) is 30.6 Å². The number of aryl methyl sites for hydroxylation is 1. The molecule has 0 saturated carbocycles. The number of primary amides is 1.